The number of ether oxygens (including phenoxy) is 4. The van der Waals surface area contributed by atoms with Gasteiger partial charge in [-0.15, -0.1) is 11.3 Å². The number of likely N-dealkylation sites (N-methyl/N-ethyl adjacent to an activating group) is 1. The fourth-order valence-electron chi connectivity index (χ4n) is 9.65. The van der Waals surface area contributed by atoms with Crippen LogP contribution < -0.4 is 29.6 Å². The smallest absolute Gasteiger partial charge is 0.246 e. The molecule has 3 atom stereocenters. The number of benzene rings is 4. The summed E-state index contributed by atoms with van der Waals surface area (Å²) in [7, 11) is 1.74. The highest BCUT2D eigenvalue weighted by atomic mass is 32.1. The molecule has 2 fully saturated rings. The minimum atomic E-state index is -0.591. The fraction of sp³-hybridized carbons (Fsp3) is 0.368. The van der Waals surface area contributed by atoms with Crippen molar-refractivity contribution in [3.63, 3.8) is 0 Å². The van der Waals surface area contributed by atoms with Gasteiger partial charge in [-0.3, -0.25) is 14.4 Å². The number of thiazole rings is 1. The molecule has 6 aromatic rings. The Hall–Kier alpha value is -7.46. The summed E-state index contributed by atoms with van der Waals surface area (Å²) in [6, 6.07) is 32.9. The molecule has 2 aliphatic rings. The topological polar surface area (TPSA) is 181 Å². The van der Waals surface area contributed by atoms with Crippen LogP contribution >= 0.6 is 11.3 Å². The molecule has 8 rings (SSSR count). The van der Waals surface area contributed by atoms with Gasteiger partial charge in [-0.2, -0.15) is 10.5 Å². The molecule has 2 amide bonds. The van der Waals surface area contributed by atoms with Crippen LogP contribution in [0.15, 0.2) is 102 Å². The maximum Gasteiger partial charge on any atom is 0.246 e. The number of nitrogens with zero attached hydrogens (tertiary/aromatic N) is 5. The van der Waals surface area contributed by atoms with Crippen LogP contribution in [0, 0.1) is 42.4 Å². The van der Waals surface area contributed by atoms with Gasteiger partial charge in [0, 0.05) is 41.0 Å². The van der Waals surface area contributed by atoms with E-state index >= 15 is 0 Å². The molecule has 15 heteroatoms. The lowest BCUT2D eigenvalue weighted by molar-refractivity contribution is -0.139. The number of amides is 2. The molecule has 0 bridgehead atoms. The first-order valence-corrected chi connectivity index (χ1v) is 25.6. The van der Waals surface area contributed by atoms with Crippen molar-refractivity contribution < 1.29 is 33.3 Å². The summed E-state index contributed by atoms with van der Waals surface area (Å²) in [5.74, 6) is 1.96. The van der Waals surface area contributed by atoms with E-state index in [0.29, 0.717) is 65.1 Å². The average Bonchev–Trinajstić information content (AvgIpc) is 4.17. The van der Waals surface area contributed by atoms with Crippen LogP contribution in [-0.2, 0) is 16.1 Å². The van der Waals surface area contributed by atoms with E-state index in [1.54, 1.807) is 55.7 Å². The molecular formula is C57H61N7O7S. The fourth-order valence-corrected chi connectivity index (χ4v) is 10.6. The van der Waals surface area contributed by atoms with E-state index in [1.807, 2.05) is 79.4 Å². The third-order valence-electron chi connectivity index (χ3n) is 13.7. The van der Waals surface area contributed by atoms with Gasteiger partial charge in [0.2, 0.25) is 17.6 Å². The quantitative estimate of drug-likeness (QED) is 0.0518. The number of likely N-dealkylation sites (tertiary alicyclic amines) is 1. The molecule has 14 nitrogen and oxygen atoms in total. The zero-order valence-electron chi connectivity index (χ0n) is 41.3. The second-order valence-electron chi connectivity index (χ2n) is 18.3. The summed E-state index contributed by atoms with van der Waals surface area (Å²) < 4.78 is 26.3. The van der Waals surface area contributed by atoms with E-state index in [0.717, 1.165) is 78.0 Å². The predicted molar refractivity (Wildman–Crippen MR) is 275 cm³/mol. The molecule has 1 saturated heterocycles. The first-order valence-electron chi connectivity index (χ1n) is 24.7. The second-order valence-corrected chi connectivity index (χ2v) is 19.2. The first-order chi connectivity index (χ1) is 35.1. The van der Waals surface area contributed by atoms with Crippen LogP contribution in [0.3, 0.4) is 0 Å². The monoisotopic (exact) mass is 987 g/mol. The van der Waals surface area contributed by atoms with Crippen molar-refractivity contribution in [2.24, 2.45) is 5.92 Å². The van der Waals surface area contributed by atoms with Gasteiger partial charge in [0.15, 0.2) is 11.5 Å². The molecule has 3 heterocycles. The van der Waals surface area contributed by atoms with Gasteiger partial charge in [-0.05, 0) is 119 Å². The van der Waals surface area contributed by atoms with Crippen molar-refractivity contribution >= 4 is 28.9 Å². The van der Waals surface area contributed by atoms with Gasteiger partial charge in [0.1, 0.15) is 60.7 Å². The number of aromatic nitrogens is 2. The van der Waals surface area contributed by atoms with E-state index in [1.165, 1.54) is 11.3 Å². The summed E-state index contributed by atoms with van der Waals surface area (Å²) in [5, 5.41) is 27.8. The molecule has 0 radical (unpaired) electrons. The van der Waals surface area contributed by atoms with Crippen LogP contribution in [0.5, 0.6) is 23.0 Å². The van der Waals surface area contributed by atoms with Crippen LogP contribution in [0.25, 0.3) is 11.1 Å². The highest BCUT2D eigenvalue weighted by molar-refractivity contribution is 7.10. The minimum Gasteiger partial charge on any atom is -0.490 e. The number of hydrogen-bond donors (Lipinski definition) is 2. The maximum atomic E-state index is 14.2. The molecule has 2 N–H and O–H groups in total. The number of hydrogen-bond acceptors (Lipinski definition) is 12. The van der Waals surface area contributed by atoms with Gasteiger partial charge < -0.3 is 39.0 Å². The molecule has 4 aromatic carbocycles. The normalized spacial score (nSPS) is 15.5. The molecule has 1 saturated carbocycles. The molecular weight excluding hydrogens is 927 g/mol. The lowest BCUT2D eigenvalue weighted by Gasteiger charge is -2.35. The number of nitriles is 2. The Labute approximate surface area is 425 Å². The number of rotatable bonds is 21. The Morgan fingerprint density at radius 3 is 2.12 bits per heavy atom. The zero-order valence-corrected chi connectivity index (χ0v) is 42.1. The Kier molecular flexibility index (Phi) is 17.0. The second kappa shape index (κ2) is 24.1. The van der Waals surface area contributed by atoms with Crippen LogP contribution in [0.2, 0.25) is 0 Å². The molecule has 2 aromatic heterocycles. The van der Waals surface area contributed by atoms with E-state index in [9.17, 15) is 24.9 Å². The first kappa shape index (κ1) is 50.9. The Morgan fingerprint density at radius 2 is 1.46 bits per heavy atom. The third-order valence-corrected chi connectivity index (χ3v) is 14.7. The van der Waals surface area contributed by atoms with Gasteiger partial charge >= 0.3 is 0 Å². The average molecular weight is 988 g/mol. The predicted octanol–water partition coefficient (Wildman–Crippen LogP) is 9.50. The number of para-hydroxylation sites is 2. The minimum absolute atomic E-state index is 0.0656. The van der Waals surface area contributed by atoms with Crippen molar-refractivity contribution in [3.05, 3.63) is 147 Å². The van der Waals surface area contributed by atoms with Crippen molar-refractivity contribution in [3.8, 4) is 46.3 Å². The Balaban J connectivity index is 0.797. The number of ketones is 1. The molecule has 1 aliphatic heterocycles. The van der Waals surface area contributed by atoms with Gasteiger partial charge in [0.05, 0.1) is 29.3 Å². The largest absolute Gasteiger partial charge is 0.490 e. The Bertz CT molecular complexity index is 2930. The van der Waals surface area contributed by atoms with Crippen LogP contribution in [0.1, 0.15) is 107 Å². The van der Waals surface area contributed by atoms with Gasteiger partial charge in [-0.25, -0.2) is 4.98 Å². The molecule has 72 heavy (non-hydrogen) atoms. The SMILES string of the molecule is CNC(C)C(=O)NC(C(=O)N1CCCC1c1nc(C(=O)c2cccc(OCCOc3ccccc3OCCOc3ccc(Cn4c(C)c(C#N)c(-c5ccc(C#N)cc5)c4C)cc3)c2)cs1)C1CCCCC1. The highest BCUT2D eigenvalue weighted by Gasteiger charge is 2.40. The van der Waals surface area contributed by atoms with Crippen molar-refractivity contribution in [1.29, 1.82) is 10.5 Å². The Morgan fingerprint density at radius 1 is 0.778 bits per heavy atom. The summed E-state index contributed by atoms with van der Waals surface area (Å²) in [6.45, 7) is 7.97. The lowest BCUT2D eigenvalue weighted by Crippen LogP contribution is -2.55. The number of carbonyl (C=O) groups excluding carboxylic acids is 3. The van der Waals surface area contributed by atoms with E-state index in [4.69, 9.17) is 23.9 Å². The maximum absolute atomic E-state index is 14.2. The van der Waals surface area contributed by atoms with E-state index in [2.05, 4.69) is 27.3 Å². The van der Waals surface area contributed by atoms with Crippen LogP contribution in [-0.4, -0.2) is 84.2 Å². The standard InChI is InChI=1S/C57H61N7O7S/c1-37(60-4)55(66)62-53(43-12-6-5-7-13-43)57(67)63-27-11-16-49(63)56-61-48(36-72-56)54(65)44-14-10-15-46(32-44)69-29-31-71-51-18-9-8-17-50(51)70-30-28-68-45-25-21-41(22-26-45)35-64-38(2)47(34-59)52(39(64)3)42-23-19-40(33-58)20-24-42/h8-10,14-15,17-26,32,36-37,43,49,53,60H,5-7,11-13,16,27-31,35H2,1-4H3,(H,62,66). The summed E-state index contributed by atoms with van der Waals surface area (Å²) in [6.07, 6.45) is 6.62. The lowest BCUT2D eigenvalue weighted by atomic mass is 9.83. The highest BCUT2D eigenvalue weighted by Crippen LogP contribution is 2.37. The van der Waals surface area contributed by atoms with E-state index in [-0.39, 0.29) is 49.4 Å². The van der Waals surface area contributed by atoms with Crippen molar-refractivity contribution in [1.82, 2.24) is 25.1 Å². The molecule has 372 valence electrons. The third kappa shape index (κ3) is 12.0. The zero-order chi connectivity index (χ0) is 50.6. The molecule has 1 aliphatic carbocycles. The van der Waals surface area contributed by atoms with Crippen molar-refractivity contribution in [2.45, 2.75) is 90.4 Å². The number of carbonyl (C=O) groups is 3. The molecule has 3 unspecified atom stereocenters. The summed E-state index contributed by atoms with van der Waals surface area (Å²) in [4.78, 5) is 47.7. The van der Waals surface area contributed by atoms with E-state index < -0.39 is 12.1 Å². The van der Waals surface area contributed by atoms with Crippen molar-refractivity contribution in [2.75, 3.05) is 40.0 Å². The summed E-state index contributed by atoms with van der Waals surface area (Å²) >= 11 is 1.39. The van der Waals surface area contributed by atoms with Crippen LogP contribution in [0.4, 0.5) is 0 Å². The molecule has 0 spiro atoms. The van der Waals surface area contributed by atoms with Gasteiger partial charge in [0.25, 0.3) is 0 Å². The summed E-state index contributed by atoms with van der Waals surface area (Å²) in [5.41, 5.74) is 6.67. The van der Waals surface area contributed by atoms with Gasteiger partial charge in [-0.1, -0.05) is 67.8 Å². The number of nitrogens with one attached hydrogen (secondary N) is 2.